The minimum atomic E-state index is 0.106. The predicted octanol–water partition coefficient (Wildman–Crippen LogP) is 3.02. The molecule has 132 valence electrons. The van der Waals surface area contributed by atoms with Crippen LogP contribution in [0.25, 0.3) is 0 Å². The fourth-order valence-electron chi connectivity index (χ4n) is 3.58. The molecule has 2 atom stereocenters. The van der Waals surface area contributed by atoms with E-state index in [0.717, 1.165) is 51.1 Å². The zero-order chi connectivity index (χ0) is 16.9. The maximum absolute atomic E-state index is 12.4. The lowest BCUT2D eigenvalue weighted by atomic mass is 10.0. The van der Waals surface area contributed by atoms with E-state index in [9.17, 15) is 4.79 Å². The Kier molecular flexibility index (Phi) is 5.89. The Balaban J connectivity index is 1.43. The lowest BCUT2D eigenvalue weighted by Gasteiger charge is -2.24. The third-order valence-corrected chi connectivity index (χ3v) is 5.88. The molecule has 2 heterocycles. The quantitative estimate of drug-likeness (QED) is 0.832. The third-order valence-electron chi connectivity index (χ3n) is 4.96. The number of rotatable bonds is 5. The second-order valence-electron chi connectivity index (χ2n) is 7.07. The Morgan fingerprint density at radius 1 is 1.50 bits per heavy atom. The van der Waals surface area contributed by atoms with Gasteiger partial charge in [-0.2, -0.15) is 0 Å². The molecule has 1 aromatic rings. The molecule has 1 saturated heterocycles. The molecule has 24 heavy (non-hydrogen) atoms. The molecular weight excluding hydrogens is 320 g/mol. The molecule has 0 spiro atoms. The van der Waals surface area contributed by atoms with Crippen molar-refractivity contribution in [1.82, 2.24) is 20.1 Å². The second kappa shape index (κ2) is 8.12. The molecule has 2 aliphatic rings. The normalized spacial score (nSPS) is 23.9. The monoisotopic (exact) mass is 348 g/mol. The van der Waals surface area contributed by atoms with Gasteiger partial charge in [0.05, 0.1) is 11.2 Å². The minimum absolute atomic E-state index is 0.106. The lowest BCUT2D eigenvalue weighted by Crippen LogP contribution is -2.44. The van der Waals surface area contributed by atoms with Crippen molar-refractivity contribution < 1.29 is 4.79 Å². The highest BCUT2D eigenvalue weighted by molar-refractivity contribution is 7.09. The van der Waals surface area contributed by atoms with Crippen molar-refractivity contribution in [1.29, 1.82) is 0 Å². The Hall–Kier alpha value is -1.40. The summed E-state index contributed by atoms with van der Waals surface area (Å²) in [6.07, 6.45) is 8.80. The van der Waals surface area contributed by atoms with E-state index in [1.54, 1.807) is 11.3 Å². The van der Waals surface area contributed by atoms with Gasteiger partial charge in [-0.25, -0.2) is 9.78 Å². The van der Waals surface area contributed by atoms with Crippen LogP contribution in [0.4, 0.5) is 4.79 Å². The summed E-state index contributed by atoms with van der Waals surface area (Å²) in [5.74, 6) is 0.566. The zero-order valence-corrected chi connectivity index (χ0v) is 15.5. The van der Waals surface area contributed by atoms with Gasteiger partial charge in [-0.05, 0) is 45.6 Å². The van der Waals surface area contributed by atoms with Crippen LogP contribution >= 0.6 is 11.3 Å². The molecule has 1 N–H and O–H groups in total. The molecule has 2 amide bonds. The van der Waals surface area contributed by atoms with Gasteiger partial charge < -0.3 is 15.1 Å². The zero-order valence-electron chi connectivity index (χ0n) is 14.7. The number of urea groups is 1. The molecule has 1 aliphatic carbocycles. The second-order valence-corrected chi connectivity index (χ2v) is 8.01. The summed E-state index contributed by atoms with van der Waals surface area (Å²) in [5.41, 5.74) is 3.06. The number of hydrogen-bond acceptors (Lipinski definition) is 4. The number of allylic oxidation sites excluding steroid dienone is 1. The number of aryl methyl sites for hydroxylation is 1. The number of aromatic nitrogens is 1. The van der Waals surface area contributed by atoms with Gasteiger partial charge in [0.1, 0.15) is 0 Å². The smallest absolute Gasteiger partial charge is 0.317 e. The highest BCUT2D eigenvalue weighted by atomic mass is 32.1. The van der Waals surface area contributed by atoms with Crippen LogP contribution in [0.5, 0.6) is 0 Å². The molecule has 1 aliphatic heterocycles. The Morgan fingerprint density at radius 2 is 2.38 bits per heavy atom. The minimum Gasteiger partial charge on any atom is -0.332 e. The van der Waals surface area contributed by atoms with E-state index in [4.69, 9.17) is 0 Å². The number of nitrogens with one attached hydrogen (secondary N) is 1. The highest BCUT2D eigenvalue weighted by Crippen LogP contribution is 2.20. The standard InChI is InChI=1S/C18H28N4OS/c1-14-17(24-13-19-14)12-21(2)10-15-8-9-22(11-15)18(23)20-16-6-4-3-5-7-16/h4,6,13,15-16H,3,5,7-12H2,1-2H3,(H,20,23)/t15-,16+/m0/s1. The van der Waals surface area contributed by atoms with Crippen molar-refractivity contribution in [2.24, 2.45) is 5.92 Å². The van der Waals surface area contributed by atoms with E-state index in [1.807, 2.05) is 10.4 Å². The molecule has 3 rings (SSSR count). The Bertz CT molecular complexity index is 585. The van der Waals surface area contributed by atoms with Gasteiger partial charge in [0.25, 0.3) is 0 Å². The third kappa shape index (κ3) is 4.57. The predicted molar refractivity (Wildman–Crippen MR) is 98.2 cm³/mol. The maximum Gasteiger partial charge on any atom is 0.317 e. The molecule has 0 aromatic carbocycles. The number of amides is 2. The fraction of sp³-hybridized carbons (Fsp3) is 0.667. The van der Waals surface area contributed by atoms with Crippen molar-refractivity contribution in [2.45, 2.75) is 45.2 Å². The number of hydrogen-bond donors (Lipinski definition) is 1. The van der Waals surface area contributed by atoms with Crippen LogP contribution in [-0.2, 0) is 6.54 Å². The van der Waals surface area contributed by atoms with E-state index in [0.29, 0.717) is 5.92 Å². The highest BCUT2D eigenvalue weighted by Gasteiger charge is 2.28. The first-order valence-corrected chi connectivity index (χ1v) is 9.79. The van der Waals surface area contributed by atoms with Gasteiger partial charge in [-0.1, -0.05) is 12.2 Å². The summed E-state index contributed by atoms with van der Waals surface area (Å²) in [4.78, 5) is 22.4. The average molecular weight is 349 g/mol. The van der Waals surface area contributed by atoms with Crippen LogP contribution in [0.1, 0.15) is 36.3 Å². The van der Waals surface area contributed by atoms with Crippen molar-refractivity contribution >= 4 is 17.4 Å². The SMILES string of the molecule is Cc1ncsc1CN(C)C[C@@H]1CCN(C(=O)N[C@@H]2C=CCCC2)C1. The molecule has 5 nitrogen and oxygen atoms in total. The first-order chi connectivity index (χ1) is 11.6. The molecule has 0 bridgehead atoms. The number of carbonyl (C=O) groups excluding carboxylic acids is 1. The topological polar surface area (TPSA) is 48.5 Å². The summed E-state index contributed by atoms with van der Waals surface area (Å²) in [7, 11) is 2.16. The molecule has 1 aromatic heterocycles. The van der Waals surface area contributed by atoms with Gasteiger partial charge in [-0.3, -0.25) is 0 Å². The Labute approximate surface area is 148 Å². The van der Waals surface area contributed by atoms with Gasteiger partial charge in [0.2, 0.25) is 0 Å². The average Bonchev–Trinajstić information content (AvgIpc) is 3.18. The van der Waals surface area contributed by atoms with Gasteiger partial charge >= 0.3 is 6.03 Å². The van der Waals surface area contributed by atoms with E-state index < -0.39 is 0 Å². The van der Waals surface area contributed by atoms with Crippen LogP contribution < -0.4 is 5.32 Å². The molecule has 0 unspecified atom stereocenters. The molecule has 0 radical (unpaired) electrons. The summed E-state index contributed by atoms with van der Waals surface area (Å²) in [6.45, 7) is 5.80. The largest absolute Gasteiger partial charge is 0.332 e. The van der Waals surface area contributed by atoms with Crippen LogP contribution in [0.2, 0.25) is 0 Å². The van der Waals surface area contributed by atoms with Crippen LogP contribution in [-0.4, -0.2) is 53.5 Å². The lowest BCUT2D eigenvalue weighted by molar-refractivity contribution is 0.201. The first-order valence-electron chi connectivity index (χ1n) is 8.91. The van der Waals surface area contributed by atoms with Crippen LogP contribution in [0.3, 0.4) is 0 Å². The maximum atomic E-state index is 12.4. The molecule has 6 heteroatoms. The van der Waals surface area contributed by atoms with Gasteiger partial charge in [-0.15, -0.1) is 11.3 Å². The fourth-order valence-corrected chi connectivity index (χ4v) is 4.43. The van der Waals surface area contributed by atoms with E-state index >= 15 is 0 Å². The number of nitrogens with zero attached hydrogens (tertiary/aromatic N) is 3. The van der Waals surface area contributed by atoms with E-state index in [2.05, 4.69) is 41.3 Å². The Morgan fingerprint density at radius 3 is 3.08 bits per heavy atom. The van der Waals surface area contributed by atoms with Gasteiger partial charge in [0.15, 0.2) is 0 Å². The van der Waals surface area contributed by atoms with Crippen molar-refractivity contribution in [3.63, 3.8) is 0 Å². The molecule has 0 saturated carbocycles. The van der Waals surface area contributed by atoms with E-state index in [1.165, 1.54) is 11.3 Å². The molecular formula is C18H28N4OS. The van der Waals surface area contributed by atoms with Crippen molar-refractivity contribution in [3.05, 3.63) is 28.2 Å². The number of carbonyl (C=O) groups is 1. The van der Waals surface area contributed by atoms with Gasteiger partial charge in [0, 0.05) is 37.1 Å². The summed E-state index contributed by atoms with van der Waals surface area (Å²) in [6, 6.07) is 0.331. The number of likely N-dealkylation sites (tertiary alicyclic amines) is 1. The van der Waals surface area contributed by atoms with E-state index in [-0.39, 0.29) is 12.1 Å². The van der Waals surface area contributed by atoms with Crippen molar-refractivity contribution in [3.8, 4) is 0 Å². The summed E-state index contributed by atoms with van der Waals surface area (Å²) >= 11 is 1.73. The van der Waals surface area contributed by atoms with Crippen molar-refractivity contribution in [2.75, 3.05) is 26.7 Å². The summed E-state index contributed by atoms with van der Waals surface area (Å²) in [5, 5.41) is 3.16. The van der Waals surface area contributed by atoms with Crippen LogP contribution in [0.15, 0.2) is 17.7 Å². The number of thiazole rings is 1. The van der Waals surface area contributed by atoms with Crippen LogP contribution in [0, 0.1) is 12.8 Å². The summed E-state index contributed by atoms with van der Waals surface area (Å²) < 4.78 is 0. The first kappa shape index (κ1) is 17.4. The molecule has 1 fully saturated rings.